The molecule has 32 heavy (non-hydrogen) atoms. The smallest absolute Gasteiger partial charge is 0.313 e. The Labute approximate surface area is 189 Å². The summed E-state index contributed by atoms with van der Waals surface area (Å²) < 4.78 is 12.3. The largest absolute Gasteiger partial charge is 0.465 e. The van der Waals surface area contributed by atoms with Gasteiger partial charge in [0, 0.05) is 19.6 Å². The number of carbonyl (C=O) groups excluding carboxylic acids is 3. The van der Waals surface area contributed by atoms with Gasteiger partial charge in [-0.15, -0.1) is 0 Å². The molecular formula is C24H34N2O6. The van der Waals surface area contributed by atoms with Gasteiger partial charge in [0.2, 0.25) is 11.8 Å². The Morgan fingerprint density at radius 3 is 2.62 bits per heavy atom. The highest BCUT2D eigenvalue weighted by Crippen LogP contribution is 2.58. The Kier molecular flexibility index (Phi) is 6.45. The molecule has 4 heterocycles. The molecule has 4 aliphatic heterocycles. The summed E-state index contributed by atoms with van der Waals surface area (Å²) in [6.45, 7) is 5.04. The summed E-state index contributed by atoms with van der Waals surface area (Å²) in [4.78, 5) is 44.0. The van der Waals surface area contributed by atoms with Crippen molar-refractivity contribution in [2.24, 2.45) is 11.8 Å². The molecule has 2 fully saturated rings. The van der Waals surface area contributed by atoms with Crippen LogP contribution in [-0.4, -0.2) is 82.8 Å². The van der Waals surface area contributed by atoms with Gasteiger partial charge in [-0.2, -0.15) is 0 Å². The SMILES string of the molecule is CCCCN1CC=C[C@]23O[C@@]4(CC)/C=C\CCCOC(=O)[C@H]4[C@H]2C(=O)N(CCO)C3C1=O. The number of likely N-dealkylation sites (tertiary alicyclic amines) is 1. The van der Waals surface area contributed by atoms with Crippen molar-refractivity contribution in [3.05, 3.63) is 24.3 Å². The molecule has 5 atom stereocenters. The van der Waals surface area contributed by atoms with Crippen molar-refractivity contribution in [2.45, 2.75) is 63.2 Å². The van der Waals surface area contributed by atoms with Gasteiger partial charge in [0.05, 0.1) is 19.1 Å². The number of rotatable bonds is 6. The third-order valence-electron chi connectivity index (χ3n) is 7.34. The van der Waals surface area contributed by atoms with Crippen LogP contribution in [0.15, 0.2) is 24.3 Å². The van der Waals surface area contributed by atoms with Crippen molar-refractivity contribution in [3.8, 4) is 0 Å². The van der Waals surface area contributed by atoms with E-state index in [1.54, 1.807) is 4.90 Å². The maximum atomic E-state index is 13.8. The first-order chi connectivity index (χ1) is 15.5. The molecule has 4 aliphatic rings. The molecule has 176 valence electrons. The zero-order valence-electron chi connectivity index (χ0n) is 19.0. The van der Waals surface area contributed by atoms with E-state index in [2.05, 4.69) is 6.92 Å². The number of carbonyl (C=O) groups is 3. The summed E-state index contributed by atoms with van der Waals surface area (Å²) in [5, 5.41) is 9.68. The highest BCUT2D eigenvalue weighted by molar-refractivity contribution is 5.99. The van der Waals surface area contributed by atoms with E-state index < -0.39 is 35.0 Å². The molecule has 0 aliphatic carbocycles. The Hall–Kier alpha value is -2.19. The zero-order valence-corrected chi connectivity index (χ0v) is 19.0. The molecule has 2 saturated heterocycles. The number of cyclic esters (lactones) is 1. The third kappa shape index (κ3) is 3.39. The summed E-state index contributed by atoms with van der Waals surface area (Å²) in [6.07, 6.45) is 11.4. The number of aliphatic hydroxyl groups is 1. The van der Waals surface area contributed by atoms with E-state index in [4.69, 9.17) is 9.47 Å². The summed E-state index contributed by atoms with van der Waals surface area (Å²) in [6, 6.07) is -0.914. The quantitative estimate of drug-likeness (QED) is 0.490. The lowest BCUT2D eigenvalue weighted by Gasteiger charge is -2.38. The summed E-state index contributed by atoms with van der Waals surface area (Å²) in [5.41, 5.74) is -2.29. The lowest BCUT2D eigenvalue weighted by atomic mass is 9.73. The lowest BCUT2D eigenvalue weighted by Crippen LogP contribution is -2.56. The Bertz CT molecular complexity index is 825. The molecule has 0 bridgehead atoms. The van der Waals surface area contributed by atoms with Gasteiger partial charge in [0.15, 0.2) is 0 Å². The molecule has 2 amide bonds. The molecule has 1 unspecified atom stereocenters. The van der Waals surface area contributed by atoms with Crippen molar-refractivity contribution < 1.29 is 29.0 Å². The molecule has 8 nitrogen and oxygen atoms in total. The van der Waals surface area contributed by atoms with E-state index in [-0.39, 0.29) is 31.6 Å². The number of hydrogen-bond acceptors (Lipinski definition) is 6. The number of unbranched alkanes of at least 4 members (excludes halogenated alkanes) is 1. The van der Waals surface area contributed by atoms with Crippen LogP contribution in [0.4, 0.5) is 0 Å². The van der Waals surface area contributed by atoms with Crippen molar-refractivity contribution in [1.82, 2.24) is 9.80 Å². The van der Waals surface area contributed by atoms with E-state index >= 15 is 0 Å². The third-order valence-corrected chi connectivity index (χ3v) is 7.34. The Balaban J connectivity index is 1.85. The van der Waals surface area contributed by atoms with Crippen molar-refractivity contribution >= 4 is 17.8 Å². The van der Waals surface area contributed by atoms with Crippen LogP contribution in [0.5, 0.6) is 0 Å². The van der Waals surface area contributed by atoms with Crippen molar-refractivity contribution in [1.29, 1.82) is 0 Å². The highest BCUT2D eigenvalue weighted by Gasteiger charge is 2.75. The number of β-amino-alcohol motifs (C(OH)–C–C–N with tert-alkyl or cyclic N) is 1. The minimum Gasteiger partial charge on any atom is -0.465 e. The number of amides is 2. The van der Waals surface area contributed by atoms with Crippen LogP contribution in [0, 0.1) is 11.8 Å². The van der Waals surface area contributed by atoms with Crippen LogP contribution in [0.2, 0.25) is 0 Å². The van der Waals surface area contributed by atoms with Gasteiger partial charge in [-0.25, -0.2) is 0 Å². The topological polar surface area (TPSA) is 96.4 Å². The Morgan fingerprint density at radius 2 is 1.91 bits per heavy atom. The maximum absolute atomic E-state index is 13.8. The van der Waals surface area contributed by atoms with Crippen LogP contribution in [0.25, 0.3) is 0 Å². The molecular weight excluding hydrogens is 412 g/mol. The number of aliphatic hydroxyl groups excluding tert-OH is 1. The number of nitrogens with zero attached hydrogens (tertiary/aromatic N) is 2. The molecule has 8 heteroatoms. The van der Waals surface area contributed by atoms with Gasteiger partial charge < -0.3 is 24.4 Å². The average molecular weight is 447 g/mol. The van der Waals surface area contributed by atoms with E-state index in [0.717, 1.165) is 19.3 Å². The average Bonchev–Trinajstić information content (AvgIpc) is 3.15. The molecule has 1 spiro atoms. The van der Waals surface area contributed by atoms with Gasteiger partial charge in [0.25, 0.3) is 0 Å². The van der Waals surface area contributed by atoms with Gasteiger partial charge in [-0.3, -0.25) is 14.4 Å². The number of esters is 1. The fourth-order valence-corrected chi connectivity index (χ4v) is 5.82. The van der Waals surface area contributed by atoms with E-state index in [0.29, 0.717) is 25.9 Å². The normalized spacial score (nSPS) is 37.7. The second-order valence-corrected chi connectivity index (χ2v) is 9.13. The van der Waals surface area contributed by atoms with Gasteiger partial charge >= 0.3 is 5.97 Å². The van der Waals surface area contributed by atoms with Crippen LogP contribution in [0.3, 0.4) is 0 Å². The van der Waals surface area contributed by atoms with E-state index in [1.807, 2.05) is 31.2 Å². The first-order valence-electron chi connectivity index (χ1n) is 11.9. The first kappa shape index (κ1) is 23.0. The number of allylic oxidation sites excluding steroid dienone is 1. The molecule has 0 aromatic rings. The minimum absolute atomic E-state index is 0.0169. The number of fused-ring (bicyclic) bond motifs is 2. The maximum Gasteiger partial charge on any atom is 0.313 e. The van der Waals surface area contributed by atoms with Gasteiger partial charge in [0.1, 0.15) is 23.2 Å². The molecule has 0 radical (unpaired) electrons. The standard InChI is InChI=1S/C24H34N2O6/c1-3-5-12-25-13-9-11-24-17(20(28)26(14-15-27)19(24)21(25)29)18-22(30)31-16-8-6-7-10-23(18,4-2)32-24/h7,9-11,17-19,27H,3-6,8,12-16H2,1-2H3/b10-7-/t17-,18+,19?,23-,24-/m0/s1. The Morgan fingerprint density at radius 1 is 1.09 bits per heavy atom. The summed E-state index contributed by atoms with van der Waals surface area (Å²) >= 11 is 0. The fraction of sp³-hybridized carbons (Fsp3) is 0.708. The highest BCUT2D eigenvalue weighted by atomic mass is 16.6. The fourth-order valence-electron chi connectivity index (χ4n) is 5.82. The van der Waals surface area contributed by atoms with Crippen molar-refractivity contribution in [3.63, 3.8) is 0 Å². The van der Waals surface area contributed by atoms with Crippen LogP contribution in [0.1, 0.15) is 46.0 Å². The lowest BCUT2D eigenvalue weighted by molar-refractivity contribution is -0.161. The predicted octanol–water partition coefficient (Wildman–Crippen LogP) is 1.43. The van der Waals surface area contributed by atoms with E-state index in [1.165, 1.54) is 4.90 Å². The predicted molar refractivity (Wildman–Crippen MR) is 116 cm³/mol. The first-order valence-corrected chi connectivity index (χ1v) is 11.9. The second kappa shape index (κ2) is 8.98. The molecule has 0 saturated carbocycles. The van der Waals surface area contributed by atoms with Crippen LogP contribution >= 0.6 is 0 Å². The van der Waals surface area contributed by atoms with Crippen LogP contribution < -0.4 is 0 Å². The second-order valence-electron chi connectivity index (χ2n) is 9.13. The minimum atomic E-state index is -1.27. The molecule has 1 N–H and O–H groups in total. The monoisotopic (exact) mass is 446 g/mol. The van der Waals surface area contributed by atoms with Crippen LogP contribution in [-0.2, 0) is 23.9 Å². The van der Waals surface area contributed by atoms with Crippen molar-refractivity contribution in [2.75, 3.05) is 32.8 Å². The summed E-state index contributed by atoms with van der Waals surface area (Å²) in [5.74, 6) is -2.70. The van der Waals surface area contributed by atoms with Gasteiger partial charge in [-0.1, -0.05) is 44.6 Å². The molecule has 0 aromatic heterocycles. The summed E-state index contributed by atoms with van der Waals surface area (Å²) in [7, 11) is 0. The van der Waals surface area contributed by atoms with Gasteiger partial charge in [-0.05, 0) is 25.7 Å². The zero-order chi connectivity index (χ0) is 22.9. The molecule has 0 aromatic carbocycles. The number of ether oxygens (including phenoxy) is 2. The van der Waals surface area contributed by atoms with E-state index in [9.17, 15) is 19.5 Å². The number of hydrogen-bond donors (Lipinski definition) is 1. The molecule has 4 rings (SSSR count).